The van der Waals surface area contributed by atoms with Crippen LogP contribution in [0.2, 0.25) is 0 Å². The van der Waals surface area contributed by atoms with Crippen molar-refractivity contribution in [1.82, 2.24) is 0 Å². The molecule has 0 saturated carbocycles. The second-order valence-corrected chi connectivity index (χ2v) is 4.70. The summed E-state index contributed by atoms with van der Waals surface area (Å²) in [5, 5.41) is 0. The molecule has 1 aromatic carbocycles. The van der Waals surface area contributed by atoms with E-state index >= 15 is 0 Å². The molecule has 1 rings (SSSR count). The summed E-state index contributed by atoms with van der Waals surface area (Å²) in [6.45, 7) is 5.52. The maximum atomic E-state index is 14.5. The summed E-state index contributed by atoms with van der Waals surface area (Å²) in [4.78, 5) is 0. The summed E-state index contributed by atoms with van der Waals surface area (Å²) in [7, 11) is 0. The fourth-order valence-electron chi connectivity index (χ4n) is 2.05. The van der Waals surface area contributed by atoms with Crippen LogP contribution in [0.3, 0.4) is 0 Å². The molecule has 0 spiro atoms. The van der Waals surface area contributed by atoms with Crippen LogP contribution in [0.5, 0.6) is 0 Å². The van der Waals surface area contributed by atoms with E-state index in [4.69, 9.17) is 5.73 Å². The minimum atomic E-state index is -5.81. The van der Waals surface area contributed by atoms with Crippen molar-refractivity contribution in [3.05, 3.63) is 41.5 Å². The van der Waals surface area contributed by atoms with E-state index in [9.17, 15) is 26.3 Å². The van der Waals surface area contributed by atoms with Gasteiger partial charge in [0.25, 0.3) is 5.67 Å². The van der Waals surface area contributed by atoms with Crippen molar-refractivity contribution in [1.29, 1.82) is 0 Å². The maximum absolute atomic E-state index is 14.5. The molecule has 118 valence electrons. The van der Waals surface area contributed by atoms with E-state index in [2.05, 4.69) is 6.58 Å². The standard InChI is InChI=1S/C14H15F6N/c1-4-9-7-10(6-8(3)11(9)21)13(17,14(18,19)20)12(15,16)5-2/h5-7H,2,4,21H2,1,3H3. The zero-order valence-electron chi connectivity index (χ0n) is 11.5. The largest absolute Gasteiger partial charge is 0.433 e. The summed E-state index contributed by atoms with van der Waals surface area (Å²) in [6.07, 6.45) is -5.95. The Kier molecular flexibility index (Phi) is 4.37. The van der Waals surface area contributed by atoms with Gasteiger partial charge in [-0.2, -0.15) is 22.0 Å². The molecular formula is C14H15F6N. The SMILES string of the molecule is C=CC(F)(F)C(F)(c1cc(C)c(N)c(CC)c1)C(F)(F)F. The highest BCUT2D eigenvalue weighted by Crippen LogP contribution is 2.53. The number of rotatable bonds is 4. The Bertz CT molecular complexity index is 549. The lowest BCUT2D eigenvalue weighted by molar-refractivity contribution is -0.296. The van der Waals surface area contributed by atoms with Crippen LogP contribution in [0.1, 0.15) is 23.6 Å². The Morgan fingerprint density at radius 1 is 1.14 bits per heavy atom. The second kappa shape index (κ2) is 5.27. The quantitative estimate of drug-likeness (QED) is 0.487. The highest BCUT2D eigenvalue weighted by Gasteiger charge is 2.71. The van der Waals surface area contributed by atoms with Crippen LogP contribution in [0.15, 0.2) is 24.8 Å². The predicted molar refractivity (Wildman–Crippen MR) is 69.0 cm³/mol. The first-order valence-electron chi connectivity index (χ1n) is 6.08. The van der Waals surface area contributed by atoms with Crippen LogP contribution < -0.4 is 5.73 Å². The van der Waals surface area contributed by atoms with E-state index in [1.807, 2.05) is 0 Å². The fourth-order valence-corrected chi connectivity index (χ4v) is 2.05. The molecule has 0 aliphatic carbocycles. The predicted octanol–water partition coefficient (Wildman–Crippen LogP) is 4.69. The molecule has 0 aliphatic rings. The van der Waals surface area contributed by atoms with Crippen LogP contribution in [0, 0.1) is 6.92 Å². The molecule has 0 heterocycles. The number of nitrogens with two attached hydrogens (primary N) is 1. The van der Waals surface area contributed by atoms with Gasteiger partial charge in [-0.15, -0.1) is 0 Å². The summed E-state index contributed by atoms with van der Waals surface area (Å²) in [6, 6.07) is 1.42. The Hall–Kier alpha value is -1.66. The molecule has 2 N–H and O–H groups in total. The topological polar surface area (TPSA) is 26.0 Å². The summed E-state index contributed by atoms with van der Waals surface area (Å²) in [5.41, 5.74) is 0.0540. The number of allylic oxidation sites excluding steroid dienone is 1. The van der Waals surface area contributed by atoms with Crippen molar-refractivity contribution in [2.45, 2.75) is 38.0 Å². The molecule has 0 bridgehead atoms. The molecule has 1 nitrogen and oxygen atoms in total. The van der Waals surface area contributed by atoms with Crippen molar-refractivity contribution in [2.75, 3.05) is 5.73 Å². The Balaban J connectivity index is 3.71. The Morgan fingerprint density at radius 3 is 2.05 bits per heavy atom. The molecule has 1 unspecified atom stereocenters. The van der Waals surface area contributed by atoms with Gasteiger partial charge in [-0.05, 0) is 36.6 Å². The molecule has 1 atom stereocenters. The first-order valence-corrected chi connectivity index (χ1v) is 6.08. The van der Waals surface area contributed by atoms with Gasteiger partial charge in [-0.25, -0.2) is 4.39 Å². The van der Waals surface area contributed by atoms with Gasteiger partial charge in [0.2, 0.25) is 0 Å². The monoisotopic (exact) mass is 311 g/mol. The van der Waals surface area contributed by atoms with Crippen molar-refractivity contribution < 1.29 is 26.3 Å². The third kappa shape index (κ3) is 2.61. The fraction of sp³-hybridized carbons (Fsp3) is 0.429. The number of aryl methyl sites for hydroxylation is 2. The minimum Gasteiger partial charge on any atom is -0.398 e. The van der Waals surface area contributed by atoms with E-state index in [0.717, 1.165) is 6.07 Å². The van der Waals surface area contributed by atoms with Gasteiger partial charge in [0, 0.05) is 11.3 Å². The van der Waals surface area contributed by atoms with Crippen LogP contribution in [0.4, 0.5) is 32.0 Å². The lowest BCUT2D eigenvalue weighted by Gasteiger charge is -2.34. The average molecular weight is 311 g/mol. The van der Waals surface area contributed by atoms with Gasteiger partial charge in [-0.3, -0.25) is 0 Å². The molecule has 1 aromatic rings. The normalized spacial score (nSPS) is 15.6. The third-order valence-corrected chi connectivity index (χ3v) is 3.36. The van der Waals surface area contributed by atoms with Crippen molar-refractivity contribution in [3.63, 3.8) is 0 Å². The molecule has 0 aromatic heterocycles. The van der Waals surface area contributed by atoms with E-state index in [-0.39, 0.29) is 29.3 Å². The van der Waals surface area contributed by atoms with Gasteiger partial charge in [0.15, 0.2) is 0 Å². The first kappa shape index (κ1) is 17.4. The third-order valence-electron chi connectivity index (χ3n) is 3.36. The molecule has 21 heavy (non-hydrogen) atoms. The number of anilines is 1. The maximum Gasteiger partial charge on any atom is 0.433 e. The number of hydrogen-bond acceptors (Lipinski definition) is 1. The van der Waals surface area contributed by atoms with Gasteiger partial charge in [0.1, 0.15) is 0 Å². The first-order chi connectivity index (χ1) is 9.42. The molecule has 0 fully saturated rings. The highest BCUT2D eigenvalue weighted by atomic mass is 19.4. The van der Waals surface area contributed by atoms with Crippen molar-refractivity contribution >= 4 is 5.69 Å². The van der Waals surface area contributed by atoms with E-state index in [0.29, 0.717) is 6.07 Å². The summed E-state index contributed by atoms with van der Waals surface area (Å²) >= 11 is 0. The molecular weight excluding hydrogens is 296 g/mol. The van der Waals surface area contributed by atoms with Crippen LogP contribution in [-0.4, -0.2) is 12.1 Å². The lowest BCUT2D eigenvalue weighted by Crippen LogP contribution is -2.51. The van der Waals surface area contributed by atoms with Crippen LogP contribution in [0.25, 0.3) is 0 Å². The van der Waals surface area contributed by atoms with Gasteiger partial charge in [0.05, 0.1) is 0 Å². The van der Waals surface area contributed by atoms with E-state index < -0.39 is 23.3 Å². The van der Waals surface area contributed by atoms with E-state index in [1.54, 1.807) is 6.92 Å². The summed E-state index contributed by atoms with van der Waals surface area (Å²) in [5.74, 6) is -4.81. The zero-order chi connectivity index (χ0) is 16.6. The molecule has 0 amide bonds. The summed E-state index contributed by atoms with van der Waals surface area (Å²) < 4.78 is 80.7. The number of halogens is 6. The average Bonchev–Trinajstić information content (AvgIpc) is 2.39. The Labute approximate surface area is 118 Å². The van der Waals surface area contributed by atoms with Crippen LogP contribution >= 0.6 is 0 Å². The smallest absolute Gasteiger partial charge is 0.398 e. The highest BCUT2D eigenvalue weighted by molar-refractivity contribution is 5.56. The number of alkyl halides is 6. The lowest BCUT2D eigenvalue weighted by atomic mass is 9.85. The van der Waals surface area contributed by atoms with Gasteiger partial charge < -0.3 is 5.73 Å². The molecule has 0 saturated heterocycles. The van der Waals surface area contributed by atoms with Crippen LogP contribution in [-0.2, 0) is 12.1 Å². The second-order valence-electron chi connectivity index (χ2n) is 4.70. The Morgan fingerprint density at radius 2 is 1.67 bits per heavy atom. The minimum absolute atomic E-state index is 0.107. The van der Waals surface area contributed by atoms with Crippen molar-refractivity contribution in [3.8, 4) is 0 Å². The molecule has 0 radical (unpaired) electrons. The number of hydrogen-bond donors (Lipinski definition) is 1. The number of nitrogen functional groups attached to an aromatic ring is 1. The van der Waals surface area contributed by atoms with E-state index in [1.165, 1.54) is 6.92 Å². The van der Waals surface area contributed by atoms with Crippen molar-refractivity contribution in [2.24, 2.45) is 0 Å². The van der Waals surface area contributed by atoms with Gasteiger partial charge in [-0.1, -0.05) is 19.6 Å². The zero-order valence-corrected chi connectivity index (χ0v) is 11.5. The van der Waals surface area contributed by atoms with Gasteiger partial charge >= 0.3 is 12.1 Å². The molecule has 7 heteroatoms. The number of benzene rings is 1. The molecule has 0 aliphatic heterocycles.